The van der Waals surface area contributed by atoms with Gasteiger partial charge in [-0.05, 0) is 51.3 Å². The Morgan fingerprint density at radius 2 is 1.60 bits per heavy atom. The first-order valence-corrected chi connectivity index (χ1v) is 8.72. The van der Waals surface area contributed by atoms with E-state index in [-0.39, 0.29) is 10.8 Å². The summed E-state index contributed by atoms with van der Waals surface area (Å²) < 4.78 is 5.90. The molecule has 1 aliphatic rings. The van der Waals surface area contributed by atoms with Crippen molar-refractivity contribution in [3.8, 4) is 5.75 Å². The average molecular weight is 342 g/mol. The first-order chi connectivity index (χ1) is 11.4. The predicted molar refractivity (Wildman–Crippen MR) is 102 cm³/mol. The maximum absolute atomic E-state index is 11.3. The minimum atomic E-state index is -0.696. The third kappa shape index (κ3) is 3.72. The quantitative estimate of drug-likeness (QED) is 0.794. The number of phenols is 1. The lowest BCUT2D eigenvalue weighted by Crippen LogP contribution is -2.30. The SMILES string of the molecule is COC1(c2cc(C(C)(C)C)c(O)c(C(C)(C)C)c2)C=CC=C(C=O)C1. The predicted octanol–water partition coefficient (Wildman–Crippen LogP) is 4.91. The number of rotatable bonds is 3. The van der Waals surface area contributed by atoms with Crippen LogP contribution >= 0.6 is 0 Å². The van der Waals surface area contributed by atoms with Crippen molar-refractivity contribution in [2.24, 2.45) is 0 Å². The molecule has 0 bridgehead atoms. The number of carbonyl (C=O) groups excluding carboxylic acids is 1. The second-order valence-electron chi connectivity index (χ2n) is 8.91. The van der Waals surface area contributed by atoms with Gasteiger partial charge in [0.2, 0.25) is 0 Å². The topological polar surface area (TPSA) is 46.5 Å². The molecule has 0 heterocycles. The fourth-order valence-electron chi connectivity index (χ4n) is 3.31. The average Bonchev–Trinajstić information content (AvgIpc) is 2.52. The zero-order chi connectivity index (χ0) is 19.0. The van der Waals surface area contributed by atoms with E-state index in [4.69, 9.17) is 4.74 Å². The Morgan fingerprint density at radius 1 is 1.08 bits per heavy atom. The van der Waals surface area contributed by atoms with Gasteiger partial charge in [-0.2, -0.15) is 0 Å². The van der Waals surface area contributed by atoms with E-state index in [2.05, 4.69) is 41.5 Å². The smallest absolute Gasteiger partial charge is 0.146 e. The second kappa shape index (κ2) is 6.45. The van der Waals surface area contributed by atoms with Gasteiger partial charge in [0.1, 0.15) is 17.6 Å². The number of hydrogen-bond acceptors (Lipinski definition) is 3. The molecule has 0 fully saturated rings. The third-order valence-corrected chi connectivity index (χ3v) is 4.87. The highest BCUT2D eigenvalue weighted by molar-refractivity contribution is 5.75. The summed E-state index contributed by atoms with van der Waals surface area (Å²) in [6.07, 6.45) is 7.05. The molecule has 0 aromatic heterocycles. The summed E-state index contributed by atoms with van der Waals surface area (Å²) in [5, 5.41) is 10.9. The summed E-state index contributed by atoms with van der Waals surface area (Å²) in [4.78, 5) is 11.3. The number of hydrogen-bond donors (Lipinski definition) is 1. The van der Waals surface area contributed by atoms with Crippen LogP contribution in [-0.2, 0) is 26.0 Å². The Kier molecular flexibility index (Phi) is 5.02. The number of aromatic hydroxyl groups is 1. The largest absolute Gasteiger partial charge is 0.507 e. The van der Waals surface area contributed by atoms with E-state index in [9.17, 15) is 9.90 Å². The van der Waals surface area contributed by atoms with Crippen molar-refractivity contribution in [2.45, 2.75) is 64.4 Å². The van der Waals surface area contributed by atoms with Crippen LogP contribution in [0.4, 0.5) is 0 Å². The van der Waals surface area contributed by atoms with Gasteiger partial charge in [0.05, 0.1) is 0 Å². The van der Waals surface area contributed by atoms with E-state index in [1.807, 2.05) is 30.4 Å². The molecule has 0 saturated carbocycles. The molecule has 0 amide bonds. The molecule has 1 atom stereocenters. The summed E-state index contributed by atoms with van der Waals surface area (Å²) in [5.74, 6) is 0.348. The Balaban J connectivity index is 2.75. The minimum absolute atomic E-state index is 0.212. The third-order valence-electron chi connectivity index (χ3n) is 4.87. The van der Waals surface area contributed by atoms with Gasteiger partial charge in [-0.3, -0.25) is 4.79 Å². The molecule has 1 N–H and O–H groups in total. The maximum Gasteiger partial charge on any atom is 0.146 e. The van der Waals surface area contributed by atoms with Crippen molar-refractivity contribution in [1.82, 2.24) is 0 Å². The van der Waals surface area contributed by atoms with Crippen molar-refractivity contribution in [2.75, 3.05) is 7.11 Å². The molecule has 0 spiro atoms. The van der Waals surface area contributed by atoms with Crippen LogP contribution < -0.4 is 0 Å². The number of benzene rings is 1. The van der Waals surface area contributed by atoms with Crippen LogP contribution in [0.5, 0.6) is 5.75 Å². The van der Waals surface area contributed by atoms with E-state index in [1.54, 1.807) is 7.11 Å². The van der Waals surface area contributed by atoms with E-state index in [0.29, 0.717) is 17.7 Å². The Hall–Kier alpha value is -1.87. The van der Waals surface area contributed by atoms with E-state index >= 15 is 0 Å². The molecule has 3 nitrogen and oxygen atoms in total. The van der Waals surface area contributed by atoms with Crippen LogP contribution in [0.25, 0.3) is 0 Å². The Morgan fingerprint density at radius 3 is 2.00 bits per heavy atom. The number of methoxy groups -OCH3 is 1. The Labute approximate surface area is 151 Å². The standard InChI is InChI=1S/C22H30O3/c1-20(2,3)17-11-16(12-18(19(17)24)21(4,5)6)22(25-7)10-8-9-15(13-22)14-23/h8-12,14,24H,13H2,1-7H3. The van der Waals surface area contributed by atoms with E-state index in [1.165, 1.54) is 0 Å². The van der Waals surface area contributed by atoms with Gasteiger partial charge in [-0.15, -0.1) is 0 Å². The molecule has 0 saturated heterocycles. The van der Waals surface area contributed by atoms with Crippen LogP contribution in [0.3, 0.4) is 0 Å². The highest BCUT2D eigenvalue weighted by atomic mass is 16.5. The molecule has 1 unspecified atom stereocenters. The van der Waals surface area contributed by atoms with Crippen LogP contribution in [0.15, 0.2) is 35.9 Å². The molecule has 3 heteroatoms. The molecule has 1 aliphatic carbocycles. The molecular formula is C22H30O3. The molecule has 25 heavy (non-hydrogen) atoms. The zero-order valence-electron chi connectivity index (χ0n) is 16.4. The lowest BCUT2D eigenvalue weighted by Gasteiger charge is -2.35. The van der Waals surface area contributed by atoms with Crippen LogP contribution in [0.2, 0.25) is 0 Å². The van der Waals surface area contributed by atoms with E-state index in [0.717, 1.165) is 23.0 Å². The van der Waals surface area contributed by atoms with Crippen molar-refractivity contribution >= 4 is 6.29 Å². The number of allylic oxidation sites excluding steroid dienone is 2. The molecular weight excluding hydrogens is 312 g/mol. The summed E-state index contributed by atoms with van der Waals surface area (Å²) in [6.45, 7) is 12.5. The van der Waals surface area contributed by atoms with Gasteiger partial charge in [-0.25, -0.2) is 0 Å². The van der Waals surface area contributed by atoms with Crippen molar-refractivity contribution in [3.63, 3.8) is 0 Å². The van der Waals surface area contributed by atoms with Gasteiger partial charge < -0.3 is 9.84 Å². The molecule has 136 valence electrons. The number of ether oxygens (including phenoxy) is 1. The van der Waals surface area contributed by atoms with Crippen molar-refractivity contribution in [1.29, 1.82) is 0 Å². The summed E-state index contributed by atoms with van der Waals surface area (Å²) in [6, 6.07) is 4.04. The van der Waals surface area contributed by atoms with Gasteiger partial charge in [0.15, 0.2) is 0 Å². The van der Waals surface area contributed by atoms with Gasteiger partial charge in [0.25, 0.3) is 0 Å². The van der Waals surface area contributed by atoms with Gasteiger partial charge in [-0.1, -0.05) is 53.7 Å². The molecule has 0 aliphatic heterocycles. The lowest BCUT2D eigenvalue weighted by molar-refractivity contribution is -0.105. The lowest BCUT2D eigenvalue weighted by atomic mass is 9.74. The van der Waals surface area contributed by atoms with Gasteiger partial charge in [0, 0.05) is 13.5 Å². The second-order valence-corrected chi connectivity index (χ2v) is 8.91. The fraction of sp³-hybridized carbons (Fsp3) is 0.500. The van der Waals surface area contributed by atoms with Crippen LogP contribution in [-0.4, -0.2) is 18.5 Å². The minimum Gasteiger partial charge on any atom is -0.507 e. The van der Waals surface area contributed by atoms with Gasteiger partial charge >= 0.3 is 0 Å². The molecule has 0 radical (unpaired) electrons. The van der Waals surface area contributed by atoms with Crippen molar-refractivity contribution < 1.29 is 14.6 Å². The van der Waals surface area contributed by atoms with Crippen LogP contribution in [0, 0.1) is 0 Å². The normalized spacial score (nSPS) is 21.2. The summed E-state index contributed by atoms with van der Waals surface area (Å²) in [7, 11) is 1.67. The number of phenolic OH excluding ortho intramolecular Hbond substituents is 1. The Bertz CT molecular complexity index is 692. The highest BCUT2D eigenvalue weighted by Crippen LogP contribution is 2.44. The maximum atomic E-state index is 11.3. The number of aldehydes is 1. The number of carbonyl (C=O) groups is 1. The molecule has 2 rings (SSSR count). The van der Waals surface area contributed by atoms with Crippen LogP contribution in [0.1, 0.15) is 64.7 Å². The molecule has 1 aromatic carbocycles. The summed E-state index contributed by atoms with van der Waals surface area (Å²) in [5.41, 5.74) is 2.33. The fourth-order valence-corrected chi connectivity index (χ4v) is 3.31. The highest BCUT2D eigenvalue weighted by Gasteiger charge is 2.36. The monoisotopic (exact) mass is 342 g/mol. The molecule has 1 aromatic rings. The summed E-state index contributed by atoms with van der Waals surface area (Å²) >= 11 is 0. The van der Waals surface area contributed by atoms with E-state index < -0.39 is 5.60 Å². The van der Waals surface area contributed by atoms with Crippen molar-refractivity contribution in [3.05, 3.63) is 52.6 Å². The first-order valence-electron chi connectivity index (χ1n) is 8.72. The first kappa shape index (κ1) is 19.5. The zero-order valence-corrected chi connectivity index (χ0v) is 16.4.